The third-order valence-electron chi connectivity index (χ3n) is 6.51. The van der Waals surface area contributed by atoms with Crippen LogP contribution >= 0.6 is 0 Å². The highest BCUT2D eigenvalue weighted by atomic mass is 16.5. The van der Waals surface area contributed by atoms with Gasteiger partial charge in [0.1, 0.15) is 12.0 Å². The number of nitrogens with one attached hydrogen (secondary N) is 1. The molecular weight excluding hydrogens is 486 g/mol. The Hall–Kier alpha value is -4.57. The minimum absolute atomic E-state index is 0.000741. The lowest BCUT2D eigenvalue weighted by molar-refractivity contribution is -0.128. The zero-order valence-electron chi connectivity index (χ0n) is 21.6. The van der Waals surface area contributed by atoms with Gasteiger partial charge >= 0.3 is 0 Å². The Bertz CT molecular complexity index is 1540. The Morgan fingerprint density at radius 1 is 1.18 bits per heavy atom. The van der Waals surface area contributed by atoms with Gasteiger partial charge in [-0.25, -0.2) is 4.98 Å². The first-order chi connectivity index (χ1) is 18.1. The predicted molar refractivity (Wildman–Crippen MR) is 145 cm³/mol. The fourth-order valence-electron chi connectivity index (χ4n) is 4.41. The van der Waals surface area contributed by atoms with Crippen molar-refractivity contribution in [2.75, 3.05) is 38.8 Å². The highest BCUT2D eigenvalue weighted by Gasteiger charge is 2.23. The first kappa shape index (κ1) is 26.5. The third kappa shape index (κ3) is 4.98. The number of methoxy groups -OCH3 is 1. The molecule has 2 aromatic carbocycles. The zero-order chi connectivity index (χ0) is 27.6. The van der Waals surface area contributed by atoms with Crippen LogP contribution in [0.5, 0.6) is 0 Å². The van der Waals surface area contributed by atoms with Gasteiger partial charge in [-0.05, 0) is 35.7 Å². The average molecular weight is 516 g/mol. The van der Waals surface area contributed by atoms with Crippen molar-refractivity contribution in [3.8, 4) is 11.1 Å². The summed E-state index contributed by atoms with van der Waals surface area (Å²) in [7, 11) is 3.08. The highest BCUT2D eigenvalue weighted by Crippen LogP contribution is 2.34. The van der Waals surface area contributed by atoms with Gasteiger partial charge in [0.25, 0.3) is 17.4 Å². The summed E-state index contributed by atoms with van der Waals surface area (Å²) in [6, 6.07) is 11.1. The van der Waals surface area contributed by atoms with Gasteiger partial charge < -0.3 is 19.9 Å². The van der Waals surface area contributed by atoms with Gasteiger partial charge in [0.2, 0.25) is 5.91 Å². The SMILES string of the molecule is C=C(NC(=O)C(=C)n1cnc2c(-c3ccc4c(c3)CCN4C(C)=O)cccc2c1=O)C(=O)N(C)CCOC. The Morgan fingerprint density at radius 2 is 1.95 bits per heavy atom. The van der Waals surface area contributed by atoms with E-state index in [0.717, 1.165) is 33.4 Å². The van der Waals surface area contributed by atoms with Crippen LogP contribution in [-0.2, 0) is 25.5 Å². The van der Waals surface area contributed by atoms with E-state index in [1.807, 2.05) is 24.3 Å². The summed E-state index contributed by atoms with van der Waals surface area (Å²) in [6.07, 6.45) is 1.99. The van der Waals surface area contributed by atoms with E-state index in [1.54, 1.807) is 31.0 Å². The highest BCUT2D eigenvalue weighted by molar-refractivity contribution is 6.15. The lowest BCUT2D eigenvalue weighted by atomic mass is 9.99. The quantitative estimate of drug-likeness (QED) is 0.460. The number of nitrogens with zero attached hydrogens (tertiary/aromatic N) is 4. The van der Waals surface area contributed by atoms with E-state index in [0.29, 0.717) is 30.6 Å². The lowest BCUT2D eigenvalue weighted by Gasteiger charge is -2.19. The molecule has 0 radical (unpaired) electrons. The number of ether oxygens (including phenoxy) is 1. The van der Waals surface area contributed by atoms with E-state index in [4.69, 9.17) is 4.74 Å². The van der Waals surface area contributed by atoms with E-state index < -0.39 is 17.4 Å². The summed E-state index contributed by atoms with van der Waals surface area (Å²) in [6.45, 7) is 10.2. The van der Waals surface area contributed by atoms with E-state index in [9.17, 15) is 19.2 Å². The smallest absolute Gasteiger partial charge is 0.272 e. The topological polar surface area (TPSA) is 114 Å². The van der Waals surface area contributed by atoms with Crippen LogP contribution in [0.3, 0.4) is 0 Å². The van der Waals surface area contributed by atoms with Gasteiger partial charge in [0, 0.05) is 45.4 Å². The van der Waals surface area contributed by atoms with Crippen LogP contribution in [-0.4, -0.2) is 66.0 Å². The van der Waals surface area contributed by atoms with Crippen molar-refractivity contribution < 1.29 is 19.1 Å². The van der Waals surface area contributed by atoms with Crippen LogP contribution in [0.25, 0.3) is 27.7 Å². The number of benzene rings is 2. The molecule has 0 saturated carbocycles. The number of hydrogen-bond acceptors (Lipinski definition) is 6. The standard InChI is InChI=1S/C28H29N5O5/c1-17(27(36)31(4)13-14-38-5)30-26(35)18(2)33-16-29-25-22(7-6-8-23(25)28(33)37)20-9-10-24-21(15-20)11-12-32(24)19(3)34/h6-10,15-16H,1-2,11-14H2,3-5H3,(H,30,35). The average Bonchev–Trinajstić information content (AvgIpc) is 3.34. The maximum Gasteiger partial charge on any atom is 0.272 e. The Kier molecular flexibility index (Phi) is 7.54. The summed E-state index contributed by atoms with van der Waals surface area (Å²) in [5.41, 5.74) is 3.21. The van der Waals surface area contributed by atoms with Crippen LogP contribution in [0.1, 0.15) is 12.5 Å². The van der Waals surface area contributed by atoms with Gasteiger partial charge in [-0.3, -0.25) is 23.7 Å². The van der Waals surface area contributed by atoms with Crippen LogP contribution in [0.15, 0.2) is 66.4 Å². The van der Waals surface area contributed by atoms with Crippen molar-refractivity contribution in [3.63, 3.8) is 0 Å². The molecule has 10 nitrogen and oxygen atoms in total. The van der Waals surface area contributed by atoms with Gasteiger partial charge in [-0.15, -0.1) is 0 Å². The van der Waals surface area contributed by atoms with Crippen molar-refractivity contribution in [2.45, 2.75) is 13.3 Å². The summed E-state index contributed by atoms with van der Waals surface area (Å²) < 4.78 is 6.00. The summed E-state index contributed by atoms with van der Waals surface area (Å²) in [4.78, 5) is 58.0. The molecule has 0 fully saturated rings. The molecule has 1 N–H and O–H groups in total. The molecule has 4 rings (SSSR count). The van der Waals surface area contributed by atoms with Gasteiger partial charge in [-0.1, -0.05) is 31.4 Å². The van der Waals surface area contributed by atoms with Crippen LogP contribution < -0.4 is 15.8 Å². The largest absolute Gasteiger partial charge is 0.383 e. The normalized spacial score (nSPS) is 12.2. The van der Waals surface area contributed by atoms with Crippen LogP contribution in [0.2, 0.25) is 0 Å². The van der Waals surface area contributed by atoms with Gasteiger partial charge in [0.05, 0.1) is 23.2 Å². The van der Waals surface area contributed by atoms with Crippen molar-refractivity contribution >= 4 is 40.0 Å². The molecule has 3 aromatic rings. The van der Waals surface area contributed by atoms with Crippen LogP contribution in [0, 0.1) is 0 Å². The van der Waals surface area contributed by atoms with Crippen molar-refractivity contribution in [2.24, 2.45) is 0 Å². The zero-order valence-corrected chi connectivity index (χ0v) is 21.6. The number of amides is 3. The van der Waals surface area contributed by atoms with Gasteiger partial charge in [0.15, 0.2) is 0 Å². The molecule has 0 spiro atoms. The molecule has 0 bridgehead atoms. The number of rotatable bonds is 8. The number of likely N-dealkylation sites (N-methyl/N-ethyl adjacent to an activating group) is 1. The van der Waals surface area contributed by atoms with Crippen LogP contribution in [0.4, 0.5) is 5.69 Å². The maximum absolute atomic E-state index is 13.3. The number of anilines is 1. The minimum atomic E-state index is -0.753. The Balaban J connectivity index is 1.60. The second kappa shape index (κ2) is 10.8. The molecule has 38 heavy (non-hydrogen) atoms. The molecule has 1 aliphatic heterocycles. The molecule has 10 heteroatoms. The van der Waals surface area contributed by atoms with E-state index in [-0.39, 0.29) is 17.3 Å². The fraction of sp³-hybridized carbons (Fsp3) is 0.250. The number of aromatic nitrogens is 2. The molecule has 2 heterocycles. The second-order valence-corrected chi connectivity index (χ2v) is 8.98. The number of carbonyl (C=O) groups excluding carboxylic acids is 3. The fourth-order valence-corrected chi connectivity index (χ4v) is 4.41. The Labute approximate surface area is 219 Å². The molecule has 3 amide bonds. The van der Waals surface area contributed by atoms with Gasteiger partial charge in [-0.2, -0.15) is 0 Å². The summed E-state index contributed by atoms with van der Waals surface area (Å²) >= 11 is 0. The first-order valence-corrected chi connectivity index (χ1v) is 12.0. The third-order valence-corrected chi connectivity index (χ3v) is 6.51. The van der Waals surface area contributed by atoms with Crippen molar-refractivity contribution in [1.82, 2.24) is 19.8 Å². The van der Waals surface area contributed by atoms with Crippen molar-refractivity contribution in [1.29, 1.82) is 0 Å². The monoisotopic (exact) mass is 515 g/mol. The predicted octanol–water partition coefficient (Wildman–Crippen LogP) is 2.18. The molecule has 196 valence electrons. The summed E-state index contributed by atoms with van der Waals surface area (Å²) in [5, 5.41) is 2.71. The Morgan fingerprint density at radius 3 is 2.66 bits per heavy atom. The minimum Gasteiger partial charge on any atom is -0.383 e. The van der Waals surface area contributed by atoms with E-state index >= 15 is 0 Å². The number of para-hydroxylation sites is 1. The lowest BCUT2D eigenvalue weighted by Crippen LogP contribution is -2.38. The molecule has 1 aliphatic rings. The molecule has 0 saturated heterocycles. The molecule has 1 aromatic heterocycles. The number of carbonyl (C=O) groups is 3. The maximum atomic E-state index is 13.3. The number of hydrogen-bond donors (Lipinski definition) is 1. The second-order valence-electron chi connectivity index (χ2n) is 8.98. The molecular formula is C28H29N5O5. The van der Waals surface area contributed by atoms with E-state index in [1.165, 1.54) is 18.3 Å². The van der Waals surface area contributed by atoms with Crippen molar-refractivity contribution in [3.05, 3.63) is 77.5 Å². The summed E-state index contributed by atoms with van der Waals surface area (Å²) in [5.74, 6) is -1.24. The molecule has 0 aliphatic carbocycles. The molecule has 0 atom stereocenters. The van der Waals surface area contributed by atoms with E-state index in [2.05, 4.69) is 23.5 Å². The number of fused-ring (bicyclic) bond motifs is 2. The first-order valence-electron chi connectivity index (χ1n) is 12.0. The molecule has 0 unspecified atom stereocenters.